The Labute approximate surface area is 125 Å². The number of ether oxygens (including phenoxy) is 1. The molecule has 1 N–H and O–H groups in total. The van der Waals surface area contributed by atoms with Crippen LogP contribution in [0.25, 0.3) is 32.7 Å². The van der Waals surface area contributed by atoms with Crippen LogP contribution in [0.1, 0.15) is 12.7 Å². The number of aromatic nitrogens is 4. The van der Waals surface area contributed by atoms with Crippen LogP contribution in [0.5, 0.6) is 5.88 Å². The van der Waals surface area contributed by atoms with Crippen LogP contribution in [0.15, 0.2) is 24.5 Å². The average molecular weight is 296 g/mol. The molecule has 2 aromatic heterocycles. The molecule has 22 heavy (non-hydrogen) atoms. The Morgan fingerprint density at radius 2 is 2.05 bits per heavy atom. The molecule has 0 saturated carbocycles. The van der Waals surface area contributed by atoms with Crippen LogP contribution in [-0.4, -0.2) is 27.0 Å². The summed E-state index contributed by atoms with van der Waals surface area (Å²) in [5.74, 6) is 0.978. The quantitative estimate of drug-likeness (QED) is 0.576. The third-order valence-electron chi connectivity index (χ3n) is 3.84. The van der Waals surface area contributed by atoms with Crippen molar-refractivity contribution in [2.24, 2.45) is 0 Å². The van der Waals surface area contributed by atoms with Gasteiger partial charge in [-0.1, -0.05) is 6.92 Å². The van der Waals surface area contributed by atoms with Crippen molar-refractivity contribution in [1.29, 1.82) is 0 Å². The first-order valence-corrected chi connectivity index (χ1v) is 7.01. The molecular formula is C16H13FN4O. The molecule has 0 unspecified atom stereocenters. The Balaban J connectivity index is 2.35. The molecule has 0 saturated heterocycles. The fourth-order valence-corrected chi connectivity index (χ4v) is 2.84. The van der Waals surface area contributed by atoms with E-state index in [9.17, 15) is 4.39 Å². The van der Waals surface area contributed by atoms with Crippen molar-refractivity contribution in [3.63, 3.8) is 0 Å². The fraction of sp³-hybridized carbons (Fsp3) is 0.188. The number of rotatable bonds is 2. The standard InChI is InChI=1S/C16H13FN4O/c1-3-11-20-13-9-5-4-8(17)6-10(9)12-14(15(13)21-11)18-7-19-16(12)22-2/h4-7H,3H2,1-2H3,(H,20,21). The van der Waals surface area contributed by atoms with E-state index in [-0.39, 0.29) is 5.82 Å². The van der Waals surface area contributed by atoms with Crippen molar-refractivity contribution >= 4 is 32.7 Å². The van der Waals surface area contributed by atoms with Gasteiger partial charge < -0.3 is 9.72 Å². The number of imidazole rings is 1. The molecule has 6 heteroatoms. The first kappa shape index (κ1) is 12.9. The fourth-order valence-electron chi connectivity index (χ4n) is 2.84. The van der Waals surface area contributed by atoms with Crippen LogP contribution in [0, 0.1) is 5.82 Å². The lowest BCUT2D eigenvalue weighted by atomic mass is 10.0. The van der Waals surface area contributed by atoms with E-state index in [0.29, 0.717) is 22.2 Å². The molecule has 5 nitrogen and oxygen atoms in total. The summed E-state index contributed by atoms with van der Waals surface area (Å²) < 4.78 is 19.1. The van der Waals surface area contributed by atoms with Gasteiger partial charge in [-0.15, -0.1) is 0 Å². The maximum Gasteiger partial charge on any atom is 0.224 e. The minimum absolute atomic E-state index is 0.315. The largest absolute Gasteiger partial charge is 0.480 e. The predicted molar refractivity (Wildman–Crippen MR) is 82.6 cm³/mol. The van der Waals surface area contributed by atoms with E-state index in [4.69, 9.17) is 4.74 Å². The zero-order chi connectivity index (χ0) is 15.3. The Morgan fingerprint density at radius 3 is 2.82 bits per heavy atom. The van der Waals surface area contributed by atoms with Gasteiger partial charge in [0.2, 0.25) is 5.88 Å². The molecular weight excluding hydrogens is 283 g/mol. The second-order valence-electron chi connectivity index (χ2n) is 5.06. The molecule has 0 atom stereocenters. The van der Waals surface area contributed by atoms with E-state index in [1.807, 2.05) is 6.92 Å². The molecule has 0 aliphatic heterocycles. The molecule has 0 fully saturated rings. The predicted octanol–water partition coefficient (Wildman–Crippen LogP) is 3.37. The lowest BCUT2D eigenvalue weighted by molar-refractivity contribution is 0.403. The maximum absolute atomic E-state index is 13.8. The van der Waals surface area contributed by atoms with Crippen LogP contribution in [0.4, 0.5) is 4.39 Å². The van der Waals surface area contributed by atoms with Gasteiger partial charge in [0.1, 0.15) is 23.5 Å². The molecule has 2 heterocycles. The molecule has 2 aromatic carbocycles. The van der Waals surface area contributed by atoms with Crippen molar-refractivity contribution in [3.8, 4) is 5.88 Å². The molecule has 0 aliphatic rings. The number of nitrogens with one attached hydrogen (secondary N) is 1. The van der Waals surface area contributed by atoms with Crippen LogP contribution < -0.4 is 4.74 Å². The highest BCUT2D eigenvalue weighted by Crippen LogP contribution is 2.36. The number of hydrogen-bond acceptors (Lipinski definition) is 4. The van der Waals surface area contributed by atoms with Gasteiger partial charge in [0.15, 0.2) is 0 Å². The van der Waals surface area contributed by atoms with Gasteiger partial charge in [-0.25, -0.2) is 19.3 Å². The summed E-state index contributed by atoms with van der Waals surface area (Å²) in [5, 5.41) is 2.25. The van der Waals surface area contributed by atoms with Crippen molar-refractivity contribution in [2.75, 3.05) is 7.11 Å². The number of hydrogen-bond donors (Lipinski definition) is 1. The van der Waals surface area contributed by atoms with E-state index in [2.05, 4.69) is 19.9 Å². The summed E-state index contributed by atoms with van der Waals surface area (Å²) in [4.78, 5) is 16.4. The van der Waals surface area contributed by atoms with Crippen molar-refractivity contribution < 1.29 is 9.13 Å². The van der Waals surface area contributed by atoms with Gasteiger partial charge in [0.05, 0.1) is 23.5 Å². The molecule has 0 amide bonds. The third kappa shape index (κ3) is 1.67. The van der Waals surface area contributed by atoms with E-state index < -0.39 is 0 Å². The monoisotopic (exact) mass is 296 g/mol. The average Bonchev–Trinajstić information content (AvgIpc) is 2.98. The van der Waals surface area contributed by atoms with Gasteiger partial charge in [-0.2, -0.15) is 0 Å². The van der Waals surface area contributed by atoms with Crippen molar-refractivity contribution in [2.45, 2.75) is 13.3 Å². The van der Waals surface area contributed by atoms with Gasteiger partial charge in [-0.3, -0.25) is 0 Å². The molecule has 0 aliphatic carbocycles. The zero-order valence-corrected chi connectivity index (χ0v) is 12.1. The third-order valence-corrected chi connectivity index (χ3v) is 3.84. The Morgan fingerprint density at radius 1 is 1.18 bits per heavy atom. The highest BCUT2D eigenvalue weighted by molar-refractivity contribution is 6.23. The number of aryl methyl sites for hydroxylation is 1. The van der Waals surface area contributed by atoms with Gasteiger partial charge in [0.25, 0.3) is 0 Å². The summed E-state index contributed by atoms with van der Waals surface area (Å²) in [6.07, 6.45) is 2.22. The normalized spacial score (nSPS) is 11.6. The lowest BCUT2D eigenvalue weighted by Crippen LogP contribution is -1.93. The second kappa shape index (κ2) is 4.62. The molecule has 110 valence electrons. The van der Waals surface area contributed by atoms with Gasteiger partial charge >= 0.3 is 0 Å². The minimum Gasteiger partial charge on any atom is -0.480 e. The first-order chi connectivity index (χ1) is 10.7. The number of aromatic amines is 1. The van der Waals surface area contributed by atoms with E-state index >= 15 is 0 Å². The molecule has 4 aromatic rings. The molecule has 0 spiro atoms. The smallest absolute Gasteiger partial charge is 0.224 e. The van der Waals surface area contributed by atoms with Crippen molar-refractivity contribution in [1.82, 2.24) is 19.9 Å². The first-order valence-electron chi connectivity index (χ1n) is 7.01. The van der Waals surface area contributed by atoms with Gasteiger partial charge in [0, 0.05) is 17.2 Å². The number of benzene rings is 2. The highest BCUT2D eigenvalue weighted by Gasteiger charge is 2.17. The number of halogens is 1. The summed E-state index contributed by atoms with van der Waals surface area (Å²) >= 11 is 0. The zero-order valence-electron chi connectivity index (χ0n) is 12.1. The Kier molecular flexibility index (Phi) is 2.72. The summed E-state index contributed by atoms with van der Waals surface area (Å²) in [6.45, 7) is 2.03. The minimum atomic E-state index is -0.315. The van der Waals surface area contributed by atoms with E-state index in [1.165, 1.54) is 18.5 Å². The topological polar surface area (TPSA) is 63.7 Å². The molecule has 0 radical (unpaired) electrons. The summed E-state index contributed by atoms with van der Waals surface area (Å²) in [7, 11) is 1.54. The van der Waals surface area contributed by atoms with E-state index in [0.717, 1.165) is 28.7 Å². The highest BCUT2D eigenvalue weighted by atomic mass is 19.1. The van der Waals surface area contributed by atoms with Crippen LogP contribution in [0.2, 0.25) is 0 Å². The number of nitrogens with zero attached hydrogens (tertiary/aromatic N) is 3. The van der Waals surface area contributed by atoms with E-state index in [1.54, 1.807) is 13.2 Å². The SMILES string of the molecule is CCc1nc2c3ccc(F)cc3c3c(OC)ncnc3c2[nH]1. The molecule has 0 bridgehead atoms. The van der Waals surface area contributed by atoms with Crippen molar-refractivity contribution in [3.05, 3.63) is 36.2 Å². The second-order valence-corrected chi connectivity index (χ2v) is 5.06. The summed E-state index contributed by atoms with van der Waals surface area (Å²) in [5.41, 5.74) is 2.30. The van der Waals surface area contributed by atoms with Gasteiger partial charge in [-0.05, 0) is 18.2 Å². The Hall–Kier alpha value is -2.76. The van der Waals surface area contributed by atoms with Crippen LogP contribution >= 0.6 is 0 Å². The number of fused-ring (bicyclic) bond motifs is 6. The number of methoxy groups -OCH3 is 1. The summed E-state index contributed by atoms with van der Waals surface area (Å²) in [6, 6.07) is 4.65. The number of H-pyrrole nitrogens is 1. The van der Waals surface area contributed by atoms with Crippen LogP contribution in [-0.2, 0) is 6.42 Å². The Bertz CT molecular complexity index is 1030. The lowest BCUT2D eigenvalue weighted by Gasteiger charge is -2.08. The maximum atomic E-state index is 13.8. The van der Waals surface area contributed by atoms with Crippen LogP contribution in [0.3, 0.4) is 0 Å². The molecule has 4 rings (SSSR count).